The van der Waals surface area contributed by atoms with E-state index in [-0.39, 0.29) is 0 Å². The van der Waals surface area contributed by atoms with Gasteiger partial charge in [-0.25, -0.2) is 9.97 Å². The van der Waals surface area contributed by atoms with Gasteiger partial charge in [0.05, 0.1) is 17.3 Å². The van der Waals surface area contributed by atoms with Gasteiger partial charge in [0.1, 0.15) is 6.61 Å². The van der Waals surface area contributed by atoms with Gasteiger partial charge >= 0.3 is 0 Å². The number of thiazole rings is 1. The molecule has 0 aliphatic heterocycles. The van der Waals surface area contributed by atoms with Crippen LogP contribution in [0.15, 0.2) is 28.7 Å². The van der Waals surface area contributed by atoms with Gasteiger partial charge in [-0.3, -0.25) is 4.99 Å². The molecule has 0 fully saturated rings. The number of aliphatic imine (C=N–C) groups is 1. The van der Waals surface area contributed by atoms with Crippen LogP contribution < -0.4 is 15.4 Å². The average molecular weight is 363 g/mol. The van der Waals surface area contributed by atoms with Crippen molar-refractivity contribution in [2.45, 2.75) is 19.9 Å². The number of aryl methyl sites for hydroxylation is 1. The Balaban J connectivity index is 1.80. The molecule has 2 aromatic rings. The minimum atomic E-state index is 0.473. The molecule has 0 radical (unpaired) electrons. The molecule has 2 N–H and O–H groups in total. The van der Waals surface area contributed by atoms with Gasteiger partial charge in [-0.1, -0.05) is 6.07 Å². The highest BCUT2D eigenvalue weighted by Crippen LogP contribution is 2.13. The van der Waals surface area contributed by atoms with E-state index in [0.29, 0.717) is 25.6 Å². The van der Waals surface area contributed by atoms with Gasteiger partial charge in [-0.2, -0.15) is 0 Å². The molecule has 0 unspecified atom stereocenters. The van der Waals surface area contributed by atoms with E-state index in [4.69, 9.17) is 9.47 Å². The van der Waals surface area contributed by atoms with E-state index in [9.17, 15) is 0 Å². The maximum atomic E-state index is 5.64. The van der Waals surface area contributed by atoms with Crippen LogP contribution in [0, 0.1) is 6.92 Å². The largest absolute Gasteiger partial charge is 0.475 e. The summed E-state index contributed by atoms with van der Waals surface area (Å²) in [5, 5.41) is 9.75. The number of pyridine rings is 1. The lowest BCUT2D eigenvalue weighted by Gasteiger charge is -2.13. The predicted octanol–water partition coefficient (Wildman–Crippen LogP) is 1.78. The number of rotatable bonds is 9. The number of aromatic nitrogens is 2. The molecule has 2 rings (SSSR count). The molecular formula is C17H25N5O2S. The van der Waals surface area contributed by atoms with Crippen LogP contribution in [0.25, 0.3) is 0 Å². The molecule has 8 heteroatoms. The van der Waals surface area contributed by atoms with Crippen LogP contribution in [0.3, 0.4) is 0 Å². The molecule has 2 aromatic heterocycles. The van der Waals surface area contributed by atoms with Gasteiger partial charge in [0.2, 0.25) is 5.88 Å². The van der Waals surface area contributed by atoms with Gasteiger partial charge in [-0.05, 0) is 13.0 Å². The summed E-state index contributed by atoms with van der Waals surface area (Å²) in [6.45, 7) is 4.37. The van der Waals surface area contributed by atoms with E-state index in [2.05, 4.69) is 31.0 Å². The summed E-state index contributed by atoms with van der Waals surface area (Å²) < 4.78 is 10.6. The minimum Gasteiger partial charge on any atom is -0.475 e. The molecule has 0 atom stereocenters. The number of guanidine groups is 1. The predicted molar refractivity (Wildman–Crippen MR) is 100 cm³/mol. The lowest BCUT2D eigenvalue weighted by molar-refractivity contribution is 0.143. The quantitative estimate of drug-likeness (QED) is 0.402. The maximum absolute atomic E-state index is 5.64. The average Bonchev–Trinajstić information content (AvgIpc) is 3.04. The minimum absolute atomic E-state index is 0.473. The second-order valence-corrected chi connectivity index (χ2v) is 6.33. The van der Waals surface area contributed by atoms with Gasteiger partial charge in [0, 0.05) is 50.8 Å². The first-order valence-corrected chi connectivity index (χ1v) is 9.02. The third-order valence-corrected chi connectivity index (χ3v) is 4.21. The summed E-state index contributed by atoms with van der Waals surface area (Å²) in [6.07, 6.45) is 2.58. The first kappa shape index (κ1) is 19.1. The van der Waals surface area contributed by atoms with Crippen molar-refractivity contribution < 1.29 is 9.47 Å². The number of hydrogen-bond donors (Lipinski definition) is 2. The van der Waals surface area contributed by atoms with Crippen molar-refractivity contribution in [1.29, 1.82) is 0 Å². The smallest absolute Gasteiger partial charge is 0.218 e. The highest BCUT2D eigenvalue weighted by atomic mass is 32.1. The third-order valence-electron chi connectivity index (χ3n) is 3.39. The number of nitrogens with zero attached hydrogens (tertiary/aromatic N) is 3. The molecule has 7 nitrogen and oxygen atoms in total. The van der Waals surface area contributed by atoms with E-state index in [1.165, 1.54) is 0 Å². The van der Waals surface area contributed by atoms with Crippen LogP contribution in [0.4, 0.5) is 0 Å². The first-order valence-electron chi connectivity index (χ1n) is 8.14. The van der Waals surface area contributed by atoms with Gasteiger partial charge in [0.15, 0.2) is 5.96 Å². The summed E-state index contributed by atoms with van der Waals surface area (Å²) in [4.78, 5) is 13.0. The van der Waals surface area contributed by atoms with Crippen molar-refractivity contribution in [2.75, 3.05) is 33.9 Å². The molecule has 0 spiro atoms. The fraction of sp³-hybridized carbons (Fsp3) is 0.471. The second-order valence-electron chi connectivity index (χ2n) is 5.27. The second kappa shape index (κ2) is 10.6. The van der Waals surface area contributed by atoms with Crippen LogP contribution in [0.5, 0.6) is 5.88 Å². The molecule has 0 saturated carbocycles. The molecule has 0 aliphatic rings. The number of hydrogen-bond acceptors (Lipinski definition) is 6. The standard InChI is InChI=1S/C17H25N5O2S/c1-13-22-15(12-25-13)6-8-20-17(18-2)21-11-14-5-4-7-19-16(14)24-10-9-23-3/h4-5,7,12H,6,8-11H2,1-3H3,(H2,18,20,21). The maximum Gasteiger partial charge on any atom is 0.218 e. The molecular weight excluding hydrogens is 338 g/mol. The van der Waals surface area contributed by atoms with Crippen LogP contribution in [0.1, 0.15) is 16.3 Å². The fourth-order valence-corrected chi connectivity index (χ4v) is 2.79. The summed E-state index contributed by atoms with van der Waals surface area (Å²) >= 11 is 1.67. The summed E-state index contributed by atoms with van der Waals surface area (Å²) in [6, 6.07) is 3.87. The van der Waals surface area contributed by atoms with Gasteiger partial charge in [-0.15, -0.1) is 11.3 Å². The first-order chi connectivity index (χ1) is 12.2. The van der Waals surface area contributed by atoms with Gasteiger partial charge in [0.25, 0.3) is 0 Å². The zero-order valence-corrected chi connectivity index (χ0v) is 15.7. The Morgan fingerprint density at radius 2 is 2.20 bits per heavy atom. The topological polar surface area (TPSA) is 80.7 Å². The van der Waals surface area contributed by atoms with Crippen LogP contribution in [0.2, 0.25) is 0 Å². The van der Waals surface area contributed by atoms with E-state index in [1.54, 1.807) is 31.7 Å². The summed E-state index contributed by atoms with van der Waals surface area (Å²) in [5.74, 6) is 1.35. The van der Waals surface area contributed by atoms with Crippen molar-refractivity contribution in [3.63, 3.8) is 0 Å². The van der Waals surface area contributed by atoms with Crippen molar-refractivity contribution in [2.24, 2.45) is 4.99 Å². The molecule has 0 amide bonds. The Bertz CT molecular complexity index is 675. The molecule has 25 heavy (non-hydrogen) atoms. The van der Waals surface area contributed by atoms with Crippen molar-refractivity contribution >= 4 is 17.3 Å². The highest BCUT2D eigenvalue weighted by Gasteiger charge is 2.06. The van der Waals surface area contributed by atoms with E-state index in [1.807, 2.05) is 19.1 Å². The zero-order chi connectivity index (χ0) is 17.9. The van der Waals surface area contributed by atoms with Crippen molar-refractivity contribution in [1.82, 2.24) is 20.6 Å². The third kappa shape index (κ3) is 6.67. The number of methoxy groups -OCH3 is 1. The normalized spacial score (nSPS) is 11.4. The SMILES string of the molecule is CN=C(NCCc1csc(C)n1)NCc1cccnc1OCCOC. The Morgan fingerprint density at radius 1 is 1.32 bits per heavy atom. The fourth-order valence-electron chi connectivity index (χ4n) is 2.14. The van der Waals surface area contributed by atoms with Gasteiger partial charge < -0.3 is 20.1 Å². The molecule has 0 bridgehead atoms. The zero-order valence-electron chi connectivity index (χ0n) is 14.9. The molecule has 2 heterocycles. The van der Waals surface area contributed by atoms with E-state index >= 15 is 0 Å². The Labute approximate surface area is 152 Å². The lowest BCUT2D eigenvalue weighted by atomic mass is 10.2. The number of nitrogens with one attached hydrogen (secondary N) is 2. The molecule has 0 aromatic carbocycles. The van der Waals surface area contributed by atoms with Crippen molar-refractivity contribution in [3.8, 4) is 5.88 Å². The van der Waals surface area contributed by atoms with Crippen LogP contribution in [-0.2, 0) is 17.7 Å². The Kier molecular flexibility index (Phi) is 8.14. The number of ether oxygens (including phenoxy) is 2. The molecule has 0 aliphatic carbocycles. The van der Waals surface area contributed by atoms with Crippen LogP contribution >= 0.6 is 11.3 Å². The lowest BCUT2D eigenvalue weighted by Crippen LogP contribution is -2.38. The van der Waals surface area contributed by atoms with E-state index < -0.39 is 0 Å². The Morgan fingerprint density at radius 3 is 2.92 bits per heavy atom. The molecule has 0 saturated heterocycles. The van der Waals surface area contributed by atoms with E-state index in [0.717, 1.165) is 35.2 Å². The monoisotopic (exact) mass is 363 g/mol. The molecule has 136 valence electrons. The van der Waals surface area contributed by atoms with Crippen molar-refractivity contribution in [3.05, 3.63) is 40.0 Å². The van der Waals surface area contributed by atoms with Crippen LogP contribution in [-0.4, -0.2) is 49.8 Å². The highest BCUT2D eigenvalue weighted by molar-refractivity contribution is 7.09. The summed E-state index contributed by atoms with van der Waals surface area (Å²) in [7, 11) is 3.40. The Hall–Kier alpha value is -2.19. The summed E-state index contributed by atoms with van der Waals surface area (Å²) in [5.41, 5.74) is 2.07.